The summed E-state index contributed by atoms with van der Waals surface area (Å²) in [5.41, 5.74) is 13.1. The van der Waals surface area contributed by atoms with Gasteiger partial charge in [-0.1, -0.05) is 18.2 Å². The van der Waals surface area contributed by atoms with Crippen LogP contribution < -0.4 is 27.4 Å². The van der Waals surface area contributed by atoms with Crippen molar-refractivity contribution in [2.24, 2.45) is 11.5 Å². The van der Waals surface area contributed by atoms with Crippen molar-refractivity contribution in [3.05, 3.63) is 36.0 Å². The zero-order valence-electron chi connectivity index (χ0n) is 20.8. The minimum Gasteiger partial charge on any atom is -0.480 e. The molecule has 0 saturated carbocycles. The van der Waals surface area contributed by atoms with Gasteiger partial charge in [-0.25, -0.2) is 0 Å². The lowest BCUT2D eigenvalue weighted by molar-refractivity contribution is -0.141. The number of primary amides is 1. The van der Waals surface area contributed by atoms with E-state index in [0.717, 1.165) is 16.5 Å². The molecule has 0 aliphatic carbocycles. The van der Waals surface area contributed by atoms with E-state index in [2.05, 4.69) is 20.9 Å². The average Bonchev–Trinajstić information content (AvgIpc) is 3.26. The number of carbonyl (C=O) groups excluding carboxylic acids is 4. The summed E-state index contributed by atoms with van der Waals surface area (Å²) in [5, 5.41) is 17.5. The lowest BCUT2D eigenvalue weighted by Crippen LogP contribution is -2.57. The van der Waals surface area contributed by atoms with Crippen LogP contribution in [0.1, 0.15) is 31.7 Å². The van der Waals surface area contributed by atoms with Crippen molar-refractivity contribution in [3.63, 3.8) is 0 Å². The monoisotopic (exact) mass is 534 g/mol. The van der Waals surface area contributed by atoms with Gasteiger partial charge in [0.05, 0.1) is 6.04 Å². The molecule has 0 aliphatic heterocycles. The maximum absolute atomic E-state index is 13.1. The van der Waals surface area contributed by atoms with E-state index in [1.54, 1.807) is 6.20 Å². The molecule has 12 nitrogen and oxygen atoms in total. The van der Waals surface area contributed by atoms with E-state index in [0.29, 0.717) is 5.75 Å². The second-order valence-corrected chi connectivity index (χ2v) is 9.63. The molecule has 1 aromatic carbocycles. The Labute approximate surface area is 218 Å². The number of thioether (sulfide) groups is 1. The van der Waals surface area contributed by atoms with Gasteiger partial charge in [0, 0.05) is 23.5 Å². The van der Waals surface area contributed by atoms with Crippen LogP contribution in [-0.4, -0.2) is 75.9 Å². The Hall–Kier alpha value is -3.58. The Morgan fingerprint density at radius 1 is 1.00 bits per heavy atom. The first kappa shape index (κ1) is 29.6. The Morgan fingerprint density at radius 3 is 2.27 bits per heavy atom. The number of carboxylic acid groups (broad SMARTS) is 1. The highest BCUT2D eigenvalue weighted by molar-refractivity contribution is 7.98. The Bertz CT molecular complexity index is 1120. The Kier molecular flexibility index (Phi) is 11.4. The molecule has 0 spiro atoms. The minimum absolute atomic E-state index is 0.102. The van der Waals surface area contributed by atoms with Crippen molar-refractivity contribution < 1.29 is 29.1 Å². The number of rotatable bonds is 15. The SMILES string of the molecule is CSCCC(NC(=O)C(CCC(N)=O)NC(=O)C(N)Cc1c[nH]c2ccccc12)C(=O)NC(C)C(=O)O. The van der Waals surface area contributed by atoms with Crippen molar-refractivity contribution in [1.82, 2.24) is 20.9 Å². The number of fused-ring (bicyclic) bond motifs is 1. The number of benzene rings is 1. The highest BCUT2D eigenvalue weighted by atomic mass is 32.2. The molecular formula is C24H34N6O6S. The van der Waals surface area contributed by atoms with Gasteiger partial charge in [0.25, 0.3) is 0 Å². The summed E-state index contributed by atoms with van der Waals surface area (Å²) < 4.78 is 0. The van der Waals surface area contributed by atoms with Crippen molar-refractivity contribution in [2.75, 3.05) is 12.0 Å². The molecule has 37 heavy (non-hydrogen) atoms. The number of carbonyl (C=O) groups is 5. The molecule has 0 aliphatic rings. The van der Waals surface area contributed by atoms with Crippen LogP contribution in [0, 0.1) is 0 Å². The zero-order chi connectivity index (χ0) is 27.5. The van der Waals surface area contributed by atoms with Gasteiger partial charge in [-0.15, -0.1) is 0 Å². The number of nitrogens with two attached hydrogens (primary N) is 2. The third-order valence-electron chi connectivity index (χ3n) is 5.74. The molecule has 0 bridgehead atoms. The largest absolute Gasteiger partial charge is 0.480 e. The lowest BCUT2D eigenvalue weighted by Gasteiger charge is -2.24. The molecule has 1 aromatic heterocycles. The van der Waals surface area contributed by atoms with E-state index >= 15 is 0 Å². The number of aromatic amines is 1. The zero-order valence-corrected chi connectivity index (χ0v) is 21.6. The van der Waals surface area contributed by atoms with Gasteiger partial charge in [0.2, 0.25) is 23.6 Å². The van der Waals surface area contributed by atoms with E-state index in [9.17, 15) is 24.0 Å². The fourth-order valence-electron chi connectivity index (χ4n) is 3.62. The van der Waals surface area contributed by atoms with Crippen molar-refractivity contribution >= 4 is 52.3 Å². The maximum Gasteiger partial charge on any atom is 0.325 e. The molecule has 9 N–H and O–H groups in total. The molecule has 202 valence electrons. The Morgan fingerprint density at radius 2 is 1.62 bits per heavy atom. The first-order chi connectivity index (χ1) is 17.5. The van der Waals surface area contributed by atoms with Crippen molar-refractivity contribution in [2.45, 2.75) is 56.8 Å². The van der Waals surface area contributed by atoms with E-state index in [-0.39, 0.29) is 25.7 Å². The van der Waals surface area contributed by atoms with Crippen LogP contribution in [0.5, 0.6) is 0 Å². The van der Waals surface area contributed by atoms with E-state index < -0.39 is 53.8 Å². The third-order valence-corrected chi connectivity index (χ3v) is 6.38. The third kappa shape index (κ3) is 9.10. The van der Waals surface area contributed by atoms with E-state index in [4.69, 9.17) is 16.6 Å². The van der Waals surface area contributed by atoms with Crippen LogP contribution in [0.15, 0.2) is 30.5 Å². The highest BCUT2D eigenvalue weighted by Crippen LogP contribution is 2.19. The number of para-hydroxylation sites is 1. The number of amides is 4. The van der Waals surface area contributed by atoms with Gasteiger partial charge in [-0.3, -0.25) is 24.0 Å². The summed E-state index contributed by atoms with van der Waals surface area (Å²) in [6.07, 6.45) is 3.72. The van der Waals surface area contributed by atoms with E-state index in [1.165, 1.54) is 18.7 Å². The number of hydrogen-bond acceptors (Lipinski definition) is 7. The predicted octanol–water partition coefficient (Wildman–Crippen LogP) is -0.385. The molecule has 2 rings (SSSR count). The summed E-state index contributed by atoms with van der Waals surface area (Å²) in [5.74, 6) is -3.37. The second kappa shape index (κ2) is 14.2. The van der Waals surface area contributed by atoms with Crippen molar-refractivity contribution in [3.8, 4) is 0 Å². The quantitative estimate of drug-likeness (QED) is 0.160. The highest BCUT2D eigenvalue weighted by Gasteiger charge is 2.29. The molecule has 13 heteroatoms. The molecule has 2 aromatic rings. The fraction of sp³-hybridized carbons (Fsp3) is 0.458. The smallest absolute Gasteiger partial charge is 0.325 e. The van der Waals surface area contributed by atoms with Gasteiger partial charge in [0.15, 0.2) is 0 Å². The second-order valence-electron chi connectivity index (χ2n) is 8.65. The van der Waals surface area contributed by atoms with Gasteiger partial charge < -0.3 is 37.5 Å². The van der Waals surface area contributed by atoms with Crippen LogP contribution in [0.25, 0.3) is 10.9 Å². The van der Waals surface area contributed by atoms with Crippen LogP contribution >= 0.6 is 11.8 Å². The molecule has 4 unspecified atom stereocenters. The molecule has 1 heterocycles. The predicted molar refractivity (Wildman–Crippen MR) is 141 cm³/mol. The molecule has 4 atom stereocenters. The number of aliphatic carboxylic acids is 1. The number of nitrogens with one attached hydrogen (secondary N) is 4. The number of carboxylic acids is 1. The number of H-pyrrole nitrogens is 1. The van der Waals surface area contributed by atoms with Gasteiger partial charge >= 0.3 is 5.97 Å². The summed E-state index contributed by atoms with van der Waals surface area (Å²) in [6, 6.07) is 3.17. The van der Waals surface area contributed by atoms with Gasteiger partial charge in [0.1, 0.15) is 18.1 Å². The molecular weight excluding hydrogens is 500 g/mol. The summed E-state index contributed by atoms with van der Waals surface area (Å²) in [6.45, 7) is 1.30. The molecule has 0 radical (unpaired) electrons. The van der Waals surface area contributed by atoms with Gasteiger partial charge in [-0.2, -0.15) is 11.8 Å². The van der Waals surface area contributed by atoms with Crippen LogP contribution in [0.3, 0.4) is 0 Å². The Balaban J connectivity index is 2.11. The van der Waals surface area contributed by atoms with Crippen LogP contribution in [0.4, 0.5) is 0 Å². The first-order valence-corrected chi connectivity index (χ1v) is 13.1. The molecule has 0 fully saturated rings. The molecule has 4 amide bonds. The summed E-state index contributed by atoms with van der Waals surface area (Å²) >= 11 is 1.44. The van der Waals surface area contributed by atoms with Crippen LogP contribution in [0.2, 0.25) is 0 Å². The fourth-order valence-corrected chi connectivity index (χ4v) is 4.09. The molecule has 0 saturated heterocycles. The maximum atomic E-state index is 13.1. The van der Waals surface area contributed by atoms with Gasteiger partial charge in [-0.05, 0) is 49.8 Å². The lowest BCUT2D eigenvalue weighted by atomic mass is 10.0. The number of aromatic nitrogens is 1. The topological polar surface area (TPSA) is 209 Å². The minimum atomic E-state index is -1.22. The standard InChI is InChI=1S/C24H34N6O6S/c1-13(24(35)36)28-22(33)19(9-10-37-2)30-23(34)18(7-8-20(26)31)29-21(32)16(25)11-14-12-27-17-6-4-3-5-15(14)17/h3-6,12-13,16,18-19,27H,7-11,25H2,1-2H3,(H2,26,31)(H,28,33)(H,29,32)(H,30,34)(H,35,36). The summed E-state index contributed by atoms with van der Waals surface area (Å²) in [4.78, 5) is 64.2. The van der Waals surface area contributed by atoms with Crippen LogP contribution in [-0.2, 0) is 30.4 Å². The average molecular weight is 535 g/mol. The normalized spacial score (nSPS) is 14.2. The number of hydrogen-bond donors (Lipinski definition) is 7. The first-order valence-electron chi connectivity index (χ1n) is 11.7. The van der Waals surface area contributed by atoms with Crippen molar-refractivity contribution in [1.29, 1.82) is 0 Å². The van der Waals surface area contributed by atoms with E-state index in [1.807, 2.05) is 30.5 Å². The summed E-state index contributed by atoms with van der Waals surface area (Å²) in [7, 11) is 0.